The number of alkyl carbamates (subject to hydrolysis) is 1. The molecule has 0 aliphatic carbocycles. The summed E-state index contributed by atoms with van der Waals surface area (Å²) in [5.41, 5.74) is 1.85. The van der Waals surface area contributed by atoms with E-state index in [4.69, 9.17) is 4.74 Å². The second-order valence-corrected chi connectivity index (χ2v) is 5.91. The maximum atomic E-state index is 11.5. The molecule has 4 nitrogen and oxygen atoms in total. The Morgan fingerprint density at radius 2 is 2.14 bits per heavy atom. The molecule has 1 heterocycles. The third-order valence-corrected chi connectivity index (χ3v) is 2.91. The predicted octanol–water partition coefficient (Wildman–Crippen LogP) is 4.10. The monoisotopic (exact) mass is 286 g/mol. The van der Waals surface area contributed by atoms with Crippen LogP contribution in [-0.2, 0) is 4.74 Å². The highest BCUT2D eigenvalue weighted by molar-refractivity contribution is 5.88. The second kappa shape index (κ2) is 6.48. The SMILES string of the molecule is CC(C)(C)OC(=O)NCCC=Cc1cccc2[nH]ccc12. The molecule has 0 unspecified atom stereocenters. The number of nitrogens with one attached hydrogen (secondary N) is 2. The van der Waals surface area contributed by atoms with Crippen LogP contribution in [-0.4, -0.2) is 23.2 Å². The number of carbonyl (C=O) groups excluding carboxylic acids is 1. The number of aromatic nitrogens is 1. The fourth-order valence-electron chi connectivity index (χ4n) is 2.04. The van der Waals surface area contributed by atoms with Gasteiger partial charge in [0, 0.05) is 23.6 Å². The van der Waals surface area contributed by atoms with Gasteiger partial charge in [-0.2, -0.15) is 0 Å². The maximum absolute atomic E-state index is 11.5. The summed E-state index contributed by atoms with van der Waals surface area (Å²) in [6.45, 7) is 6.12. The zero-order valence-corrected chi connectivity index (χ0v) is 12.8. The summed E-state index contributed by atoms with van der Waals surface area (Å²) in [5, 5.41) is 3.94. The van der Waals surface area contributed by atoms with Gasteiger partial charge in [-0.25, -0.2) is 4.79 Å². The molecule has 21 heavy (non-hydrogen) atoms. The number of carbonyl (C=O) groups is 1. The van der Waals surface area contributed by atoms with Crippen LogP contribution < -0.4 is 5.32 Å². The Morgan fingerprint density at radius 3 is 2.90 bits per heavy atom. The van der Waals surface area contributed by atoms with Crippen molar-refractivity contribution >= 4 is 23.1 Å². The van der Waals surface area contributed by atoms with Gasteiger partial charge >= 0.3 is 6.09 Å². The minimum absolute atomic E-state index is 0.372. The van der Waals surface area contributed by atoms with Crippen molar-refractivity contribution in [3.05, 3.63) is 42.1 Å². The van der Waals surface area contributed by atoms with Crippen LogP contribution >= 0.6 is 0 Å². The summed E-state index contributed by atoms with van der Waals surface area (Å²) in [7, 11) is 0. The summed E-state index contributed by atoms with van der Waals surface area (Å²) in [4.78, 5) is 14.7. The van der Waals surface area contributed by atoms with Gasteiger partial charge in [0.1, 0.15) is 5.60 Å². The molecule has 112 valence electrons. The van der Waals surface area contributed by atoms with E-state index in [1.165, 1.54) is 10.9 Å². The van der Waals surface area contributed by atoms with Gasteiger partial charge in [-0.15, -0.1) is 0 Å². The van der Waals surface area contributed by atoms with Crippen molar-refractivity contribution in [1.29, 1.82) is 0 Å². The van der Waals surface area contributed by atoms with Crippen molar-refractivity contribution in [2.45, 2.75) is 32.8 Å². The third kappa shape index (κ3) is 4.67. The number of amides is 1. The van der Waals surface area contributed by atoms with E-state index in [1.54, 1.807) is 0 Å². The molecule has 0 aliphatic rings. The molecule has 1 aromatic heterocycles. The smallest absolute Gasteiger partial charge is 0.407 e. The first-order valence-corrected chi connectivity index (χ1v) is 7.15. The van der Waals surface area contributed by atoms with Gasteiger partial charge in [0.25, 0.3) is 0 Å². The van der Waals surface area contributed by atoms with Crippen molar-refractivity contribution in [2.24, 2.45) is 0 Å². The molecular weight excluding hydrogens is 264 g/mol. The number of hydrogen-bond acceptors (Lipinski definition) is 2. The fourth-order valence-corrected chi connectivity index (χ4v) is 2.04. The first-order chi connectivity index (χ1) is 9.96. The van der Waals surface area contributed by atoms with Crippen LogP contribution in [0.5, 0.6) is 0 Å². The highest BCUT2D eigenvalue weighted by Crippen LogP contribution is 2.18. The molecule has 2 aromatic rings. The molecule has 0 atom stereocenters. The number of H-pyrrole nitrogens is 1. The van der Waals surface area contributed by atoms with Crippen molar-refractivity contribution < 1.29 is 9.53 Å². The molecule has 0 aliphatic heterocycles. The summed E-state index contributed by atoms with van der Waals surface area (Å²) in [5.74, 6) is 0. The van der Waals surface area contributed by atoms with Gasteiger partial charge in [-0.1, -0.05) is 24.3 Å². The normalized spacial score (nSPS) is 12.0. The molecular formula is C17H22N2O2. The van der Waals surface area contributed by atoms with Gasteiger partial charge in [0.15, 0.2) is 0 Å². The van der Waals surface area contributed by atoms with E-state index in [1.807, 2.05) is 33.0 Å². The summed E-state index contributed by atoms with van der Waals surface area (Å²) < 4.78 is 5.17. The topological polar surface area (TPSA) is 54.1 Å². The van der Waals surface area contributed by atoms with Crippen LogP contribution in [0, 0.1) is 0 Å². The Balaban J connectivity index is 1.81. The van der Waals surface area contributed by atoms with Gasteiger partial charge < -0.3 is 15.0 Å². The summed E-state index contributed by atoms with van der Waals surface area (Å²) in [6.07, 6.45) is 6.46. The van der Waals surface area contributed by atoms with Crippen molar-refractivity contribution in [3.63, 3.8) is 0 Å². The Labute approximate surface area is 125 Å². The molecule has 0 bridgehead atoms. The molecule has 4 heteroatoms. The van der Waals surface area contributed by atoms with Gasteiger partial charge in [-0.05, 0) is 44.9 Å². The molecule has 0 saturated carbocycles. The first-order valence-electron chi connectivity index (χ1n) is 7.15. The average Bonchev–Trinajstić information content (AvgIpc) is 2.85. The van der Waals surface area contributed by atoms with E-state index in [0.29, 0.717) is 6.54 Å². The summed E-state index contributed by atoms with van der Waals surface area (Å²) in [6, 6.07) is 8.22. The number of benzene rings is 1. The standard InChI is InChI=1S/C17H22N2O2/c1-17(2,3)21-16(20)19-11-5-4-7-13-8-6-9-15-14(13)10-12-18-15/h4,6-10,12,18H,5,11H2,1-3H3,(H,19,20). The number of fused-ring (bicyclic) bond motifs is 1. The number of rotatable bonds is 4. The lowest BCUT2D eigenvalue weighted by molar-refractivity contribution is 0.0529. The molecule has 0 radical (unpaired) electrons. The zero-order chi connectivity index (χ0) is 15.3. The van der Waals surface area contributed by atoms with E-state index in [-0.39, 0.29) is 6.09 Å². The van der Waals surface area contributed by atoms with E-state index < -0.39 is 5.60 Å². The van der Waals surface area contributed by atoms with Crippen LogP contribution in [0.15, 0.2) is 36.5 Å². The lowest BCUT2D eigenvalue weighted by atomic mass is 10.1. The molecule has 2 N–H and O–H groups in total. The quantitative estimate of drug-likeness (QED) is 0.831. The molecule has 1 aromatic carbocycles. The van der Waals surface area contributed by atoms with E-state index in [9.17, 15) is 4.79 Å². The van der Waals surface area contributed by atoms with E-state index in [0.717, 1.165) is 11.9 Å². The highest BCUT2D eigenvalue weighted by atomic mass is 16.6. The maximum Gasteiger partial charge on any atom is 0.407 e. The Hall–Kier alpha value is -2.23. The second-order valence-electron chi connectivity index (χ2n) is 5.91. The van der Waals surface area contributed by atoms with Gasteiger partial charge in [0.2, 0.25) is 0 Å². The van der Waals surface area contributed by atoms with Crippen molar-refractivity contribution in [1.82, 2.24) is 10.3 Å². The number of hydrogen-bond donors (Lipinski definition) is 2. The van der Waals surface area contributed by atoms with Crippen LogP contribution in [0.1, 0.15) is 32.8 Å². The Kier molecular flexibility index (Phi) is 4.68. The lowest BCUT2D eigenvalue weighted by Crippen LogP contribution is -2.32. The van der Waals surface area contributed by atoms with Crippen LogP contribution in [0.4, 0.5) is 4.79 Å². The molecule has 2 rings (SSSR count). The van der Waals surface area contributed by atoms with Crippen LogP contribution in [0.2, 0.25) is 0 Å². The fraction of sp³-hybridized carbons (Fsp3) is 0.353. The molecule has 1 amide bonds. The minimum atomic E-state index is -0.455. The molecule has 0 spiro atoms. The Morgan fingerprint density at radius 1 is 1.33 bits per heavy atom. The summed E-state index contributed by atoms with van der Waals surface area (Å²) >= 11 is 0. The van der Waals surface area contributed by atoms with E-state index >= 15 is 0 Å². The van der Waals surface area contributed by atoms with Crippen molar-refractivity contribution in [2.75, 3.05) is 6.54 Å². The largest absolute Gasteiger partial charge is 0.444 e. The van der Waals surface area contributed by atoms with E-state index in [2.05, 4.69) is 40.7 Å². The van der Waals surface area contributed by atoms with Crippen LogP contribution in [0.25, 0.3) is 17.0 Å². The molecule has 0 fully saturated rings. The Bertz CT molecular complexity index is 636. The lowest BCUT2D eigenvalue weighted by Gasteiger charge is -2.19. The van der Waals surface area contributed by atoms with Gasteiger partial charge in [0.05, 0.1) is 0 Å². The third-order valence-electron chi connectivity index (χ3n) is 2.91. The van der Waals surface area contributed by atoms with Crippen molar-refractivity contribution in [3.8, 4) is 0 Å². The number of aromatic amines is 1. The minimum Gasteiger partial charge on any atom is -0.444 e. The predicted molar refractivity (Wildman–Crippen MR) is 86.2 cm³/mol. The number of ether oxygens (including phenoxy) is 1. The first kappa shape index (κ1) is 15.2. The van der Waals surface area contributed by atoms with Crippen LogP contribution in [0.3, 0.4) is 0 Å². The average molecular weight is 286 g/mol. The van der Waals surface area contributed by atoms with Gasteiger partial charge in [-0.3, -0.25) is 0 Å². The highest BCUT2D eigenvalue weighted by Gasteiger charge is 2.15. The zero-order valence-electron chi connectivity index (χ0n) is 12.8. The molecule has 0 saturated heterocycles.